The molecule has 1 N–H and O–H groups in total. The fourth-order valence-electron chi connectivity index (χ4n) is 1.97. The highest BCUT2D eigenvalue weighted by Gasteiger charge is 2.19. The van der Waals surface area contributed by atoms with Crippen molar-refractivity contribution < 1.29 is 17.6 Å². The zero-order valence-electron chi connectivity index (χ0n) is 13.3. The maximum atomic E-state index is 13.8. The summed E-state index contributed by atoms with van der Waals surface area (Å²) in [5.74, 6) is -1.44. The summed E-state index contributed by atoms with van der Waals surface area (Å²) in [7, 11) is -0.813. The van der Waals surface area contributed by atoms with Crippen LogP contribution in [0.2, 0.25) is 5.02 Å². The fraction of sp³-hybridized carbons (Fsp3) is 0.188. The van der Waals surface area contributed by atoms with E-state index in [0.717, 1.165) is 10.4 Å². The normalized spacial score (nSPS) is 11.6. The molecule has 0 aliphatic carbocycles. The first-order chi connectivity index (χ1) is 11.1. The summed E-state index contributed by atoms with van der Waals surface area (Å²) < 4.78 is 39.3. The summed E-state index contributed by atoms with van der Waals surface area (Å²) in [5, 5.41) is 2.71. The van der Waals surface area contributed by atoms with Crippen LogP contribution in [0.1, 0.15) is 15.9 Å². The third kappa shape index (κ3) is 3.75. The lowest BCUT2D eigenvalue weighted by Crippen LogP contribution is -2.22. The predicted octanol–water partition coefficient (Wildman–Crippen LogP) is 3.29. The van der Waals surface area contributed by atoms with E-state index in [0.29, 0.717) is 5.56 Å². The molecule has 0 atom stereocenters. The van der Waals surface area contributed by atoms with Gasteiger partial charge in [0.2, 0.25) is 10.0 Å². The summed E-state index contributed by atoms with van der Waals surface area (Å²) in [5.41, 5.74) is 0.757. The Labute approximate surface area is 145 Å². The van der Waals surface area contributed by atoms with Gasteiger partial charge in [0, 0.05) is 24.8 Å². The minimum absolute atomic E-state index is 0.0324. The van der Waals surface area contributed by atoms with Crippen molar-refractivity contribution in [1.29, 1.82) is 0 Å². The highest BCUT2D eigenvalue weighted by Crippen LogP contribution is 2.23. The van der Waals surface area contributed by atoms with Crippen LogP contribution >= 0.6 is 11.6 Å². The smallest absolute Gasteiger partial charge is 0.258 e. The second kappa shape index (κ2) is 6.88. The molecular weight excluding hydrogens is 355 g/mol. The molecule has 0 fully saturated rings. The van der Waals surface area contributed by atoms with Gasteiger partial charge in [-0.25, -0.2) is 17.1 Å². The number of hydrogen-bond donors (Lipinski definition) is 1. The van der Waals surface area contributed by atoms with Crippen LogP contribution in [-0.2, 0) is 10.0 Å². The Kier molecular flexibility index (Phi) is 5.27. The Hall–Kier alpha value is -1.96. The fourth-order valence-corrected chi connectivity index (χ4v) is 3.06. The second-order valence-electron chi connectivity index (χ2n) is 5.34. The van der Waals surface area contributed by atoms with Crippen LogP contribution in [0.25, 0.3) is 0 Å². The van der Waals surface area contributed by atoms with Crippen molar-refractivity contribution in [3.05, 3.63) is 58.4 Å². The van der Waals surface area contributed by atoms with Crippen molar-refractivity contribution in [3.8, 4) is 0 Å². The molecule has 0 unspecified atom stereocenters. The summed E-state index contributed by atoms with van der Waals surface area (Å²) in [6.07, 6.45) is 0. The van der Waals surface area contributed by atoms with Crippen molar-refractivity contribution >= 4 is 33.2 Å². The van der Waals surface area contributed by atoms with Gasteiger partial charge < -0.3 is 5.32 Å². The van der Waals surface area contributed by atoms with E-state index in [1.54, 1.807) is 13.0 Å². The zero-order valence-corrected chi connectivity index (χ0v) is 14.9. The molecule has 0 saturated heterocycles. The molecule has 1 amide bonds. The molecular formula is C16H16ClFN2O3S. The van der Waals surface area contributed by atoms with E-state index < -0.39 is 21.7 Å². The third-order valence-corrected chi connectivity index (χ3v) is 5.46. The maximum Gasteiger partial charge on any atom is 0.258 e. The van der Waals surface area contributed by atoms with E-state index in [4.69, 9.17) is 11.6 Å². The number of nitrogens with zero attached hydrogens (tertiary/aromatic N) is 1. The predicted molar refractivity (Wildman–Crippen MR) is 91.4 cm³/mol. The third-order valence-electron chi connectivity index (χ3n) is 3.41. The van der Waals surface area contributed by atoms with Gasteiger partial charge in [-0.05, 0) is 42.8 Å². The first-order valence-corrected chi connectivity index (χ1v) is 8.74. The van der Waals surface area contributed by atoms with Crippen molar-refractivity contribution in [3.63, 3.8) is 0 Å². The van der Waals surface area contributed by atoms with E-state index in [1.165, 1.54) is 38.4 Å². The van der Waals surface area contributed by atoms with E-state index >= 15 is 0 Å². The van der Waals surface area contributed by atoms with E-state index in [9.17, 15) is 17.6 Å². The summed E-state index contributed by atoms with van der Waals surface area (Å²) in [6.45, 7) is 1.71. The second-order valence-corrected chi connectivity index (χ2v) is 7.93. The molecule has 0 aliphatic rings. The minimum Gasteiger partial charge on any atom is -0.322 e. The number of hydrogen-bond acceptors (Lipinski definition) is 3. The maximum absolute atomic E-state index is 13.8. The van der Waals surface area contributed by atoms with Gasteiger partial charge in [0.15, 0.2) is 0 Å². The molecule has 2 rings (SSSR count). The van der Waals surface area contributed by atoms with Crippen molar-refractivity contribution in [2.75, 3.05) is 19.4 Å². The first kappa shape index (κ1) is 18.4. The van der Waals surface area contributed by atoms with E-state index in [-0.39, 0.29) is 21.2 Å². The van der Waals surface area contributed by atoms with Gasteiger partial charge in [-0.3, -0.25) is 4.79 Å². The van der Waals surface area contributed by atoms with Crippen LogP contribution in [0.3, 0.4) is 0 Å². The van der Waals surface area contributed by atoms with Gasteiger partial charge in [-0.1, -0.05) is 17.7 Å². The number of benzene rings is 2. The lowest BCUT2D eigenvalue weighted by molar-refractivity contribution is 0.102. The number of carbonyl (C=O) groups excluding carboxylic acids is 1. The Morgan fingerprint density at radius 3 is 2.42 bits per heavy atom. The molecule has 5 nitrogen and oxygen atoms in total. The van der Waals surface area contributed by atoms with Crippen molar-refractivity contribution in [2.45, 2.75) is 11.8 Å². The number of halogens is 2. The van der Waals surface area contributed by atoms with Crippen molar-refractivity contribution in [2.24, 2.45) is 0 Å². The molecule has 128 valence electrons. The highest BCUT2D eigenvalue weighted by atomic mass is 35.5. The summed E-state index contributed by atoms with van der Waals surface area (Å²) in [4.78, 5) is 12.3. The summed E-state index contributed by atoms with van der Waals surface area (Å²) >= 11 is 5.66. The van der Waals surface area contributed by atoms with Gasteiger partial charge >= 0.3 is 0 Å². The number of aryl methyl sites for hydroxylation is 1. The van der Waals surface area contributed by atoms with E-state index in [2.05, 4.69) is 5.32 Å². The number of sulfonamides is 1. The van der Waals surface area contributed by atoms with Crippen LogP contribution < -0.4 is 5.32 Å². The Balaban J connectivity index is 2.37. The monoisotopic (exact) mass is 370 g/mol. The molecule has 0 bridgehead atoms. The average molecular weight is 371 g/mol. The lowest BCUT2D eigenvalue weighted by atomic mass is 10.1. The first-order valence-electron chi connectivity index (χ1n) is 6.92. The van der Waals surface area contributed by atoms with Gasteiger partial charge in [-0.2, -0.15) is 0 Å². The number of amides is 1. The molecule has 0 heterocycles. The summed E-state index contributed by atoms with van der Waals surface area (Å²) in [6, 6.07) is 8.07. The van der Waals surface area contributed by atoms with Gasteiger partial charge in [0.1, 0.15) is 5.82 Å². The molecule has 0 radical (unpaired) electrons. The largest absolute Gasteiger partial charge is 0.322 e. The van der Waals surface area contributed by atoms with Gasteiger partial charge in [0.25, 0.3) is 5.91 Å². The Morgan fingerprint density at radius 2 is 1.83 bits per heavy atom. The quantitative estimate of drug-likeness (QED) is 0.898. The van der Waals surface area contributed by atoms with Crippen LogP contribution in [0.15, 0.2) is 41.3 Å². The molecule has 0 saturated carbocycles. The molecule has 24 heavy (non-hydrogen) atoms. The topological polar surface area (TPSA) is 66.5 Å². The Bertz CT molecular complexity index is 898. The number of anilines is 1. The molecule has 2 aromatic carbocycles. The van der Waals surface area contributed by atoms with E-state index in [1.807, 2.05) is 0 Å². The number of rotatable bonds is 4. The number of nitrogens with one attached hydrogen (secondary N) is 1. The number of carbonyl (C=O) groups is 1. The van der Waals surface area contributed by atoms with Gasteiger partial charge in [0.05, 0.1) is 10.5 Å². The lowest BCUT2D eigenvalue weighted by Gasteiger charge is -2.14. The standard InChI is InChI=1S/C16H16ClFN2O3S/c1-10-4-6-12(24(22,23)20(2)3)9-15(10)19-16(21)13-7-5-11(17)8-14(13)18/h4-9H,1-3H3,(H,19,21). The van der Waals surface area contributed by atoms with Crippen LogP contribution in [0, 0.1) is 12.7 Å². The molecule has 8 heteroatoms. The molecule has 2 aromatic rings. The molecule has 0 spiro atoms. The van der Waals surface area contributed by atoms with Crippen molar-refractivity contribution in [1.82, 2.24) is 4.31 Å². The molecule has 0 aliphatic heterocycles. The SMILES string of the molecule is Cc1ccc(S(=O)(=O)N(C)C)cc1NC(=O)c1ccc(Cl)cc1F. The average Bonchev–Trinajstić information content (AvgIpc) is 2.48. The highest BCUT2D eigenvalue weighted by molar-refractivity contribution is 7.89. The Morgan fingerprint density at radius 1 is 1.17 bits per heavy atom. The molecule has 0 aromatic heterocycles. The van der Waals surface area contributed by atoms with Crippen LogP contribution in [-0.4, -0.2) is 32.7 Å². The van der Waals surface area contributed by atoms with Crippen LogP contribution in [0.4, 0.5) is 10.1 Å². The van der Waals surface area contributed by atoms with Gasteiger partial charge in [-0.15, -0.1) is 0 Å². The van der Waals surface area contributed by atoms with Crippen LogP contribution in [0.5, 0.6) is 0 Å². The minimum atomic E-state index is -3.64. The zero-order chi connectivity index (χ0) is 18.1.